The van der Waals surface area contributed by atoms with E-state index in [1.807, 2.05) is 0 Å². The molecule has 0 rings (SSSR count). The molecule has 0 amide bonds. The summed E-state index contributed by atoms with van der Waals surface area (Å²) in [5, 5.41) is 17.8. The van der Waals surface area contributed by atoms with Gasteiger partial charge in [-0.3, -0.25) is 0 Å². The molecule has 2 atom stereocenters. The van der Waals surface area contributed by atoms with Gasteiger partial charge in [0.1, 0.15) is 0 Å². The van der Waals surface area contributed by atoms with Gasteiger partial charge in [-0.2, -0.15) is 0 Å². The maximum Gasteiger partial charge on any atom is 0.0564 e. The maximum absolute atomic E-state index is 9.29. The molecule has 0 aromatic heterocycles. The Balaban J connectivity index is 3.32. The molecule has 0 fully saturated rings. The van der Waals surface area contributed by atoms with Gasteiger partial charge >= 0.3 is 0 Å². The minimum Gasteiger partial charge on any atom is -0.396 e. The lowest BCUT2D eigenvalue weighted by Gasteiger charge is -2.14. The van der Waals surface area contributed by atoms with Crippen LogP contribution in [0.15, 0.2) is 0 Å². The second kappa shape index (κ2) is 6.62. The van der Waals surface area contributed by atoms with E-state index < -0.39 is 0 Å². The summed E-state index contributed by atoms with van der Waals surface area (Å²) in [7, 11) is 0. The predicted octanol–water partition coefficient (Wildman–Crippen LogP) is 1.56. The highest BCUT2D eigenvalue weighted by Crippen LogP contribution is 2.13. The molecule has 0 saturated carbocycles. The first kappa shape index (κ1) is 10.9. The second-order valence-electron chi connectivity index (χ2n) is 3.30. The van der Waals surface area contributed by atoms with Crippen LogP contribution in [0.5, 0.6) is 0 Å². The SMILES string of the molecule is CCCC(C)CC(O)CCO. The van der Waals surface area contributed by atoms with E-state index in [4.69, 9.17) is 5.11 Å². The Labute approximate surface area is 69.2 Å². The quantitative estimate of drug-likeness (QED) is 0.619. The van der Waals surface area contributed by atoms with E-state index in [-0.39, 0.29) is 12.7 Å². The van der Waals surface area contributed by atoms with Crippen molar-refractivity contribution in [1.29, 1.82) is 0 Å². The first-order valence-electron chi connectivity index (χ1n) is 4.49. The van der Waals surface area contributed by atoms with Gasteiger partial charge in [-0.1, -0.05) is 26.7 Å². The average Bonchev–Trinajstić information content (AvgIpc) is 1.87. The summed E-state index contributed by atoms with van der Waals surface area (Å²) in [6, 6.07) is 0. The van der Waals surface area contributed by atoms with Crippen LogP contribution >= 0.6 is 0 Å². The summed E-state index contributed by atoms with van der Waals surface area (Å²) >= 11 is 0. The summed E-state index contributed by atoms with van der Waals surface area (Å²) in [5.74, 6) is 0.585. The van der Waals surface area contributed by atoms with E-state index in [9.17, 15) is 5.11 Å². The fraction of sp³-hybridized carbons (Fsp3) is 1.00. The monoisotopic (exact) mass is 160 g/mol. The molecule has 0 aliphatic rings. The summed E-state index contributed by atoms with van der Waals surface area (Å²) < 4.78 is 0. The second-order valence-corrected chi connectivity index (χ2v) is 3.30. The molecule has 11 heavy (non-hydrogen) atoms. The van der Waals surface area contributed by atoms with Crippen molar-refractivity contribution in [3.63, 3.8) is 0 Å². The molecule has 0 aromatic carbocycles. The first-order chi connectivity index (χ1) is 5.20. The van der Waals surface area contributed by atoms with Gasteiger partial charge in [0.15, 0.2) is 0 Å². The molecule has 0 saturated heterocycles. The Morgan fingerprint density at radius 2 is 1.91 bits per heavy atom. The van der Waals surface area contributed by atoms with Gasteiger partial charge in [0.05, 0.1) is 6.10 Å². The molecule has 0 spiro atoms. The Hall–Kier alpha value is -0.0800. The van der Waals surface area contributed by atoms with E-state index in [0.717, 1.165) is 6.42 Å². The van der Waals surface area contributed by atoms with Gasteiger partial charge in [0, 0.05) is 6.61 Å². The fourth-order valence-electron chi connectivity index (χ4n) is 1.34. The molecule has 2 N–H and O–H groups in total. The molecule has 0 heterocycles. The van der Waals surface area contributed by atoms with Crippen molar-refractivity contribution >= 4 is 0 Å². The molecule has 0 aliphatic carbocycles. The number of rotatable bonds is 6. The van der Waals surface area contributed by atoms with E-state index in [0.29, 0.717) is 12.3 Å². The van der Waals surface area contributed by atoms with Gasteiger partial charge < -0.3 is 10.2 Å². The van der Waals surface area contributed by atoms with Gasteiger partial charge in [0.2, 0.25) is 0 Å². The smallest absolute Gasteiger partial charge is 0.0564 e. The van der Waals surface area contributed by atoms with Crippen molar-refractivity contribution in [3.05, 3.63) is 0 Å². The third-order valence-electron chi connectivity index (χ3n) is 1.92. The Bertz CT molecular complexity index is 73.6. The number of aliphatic hydroxyl groups excluding tert-OH is 2. The highest BCUT2D eigenvalue weighted by atomic mass is 16.3. The van der Waals surface area contributed by atoms with E-state index in [2.05, 4.69) is 13.8 Å². The van der Waals surface area contributed by atoms with Crippen LogP contribution in [-0.2, 0) is 0 Å². The highest BCUT2D eigenvalue weighted by Gasteiger charge is 2.08. The third-order valence-corrected chi connectivity index (χ3v) is 1.92. The largest absolute Gasteiger partial charge is 0.396 e. The van der Waals surface area contributed by atoms with Crippen LogP contribution in [0.25, 0.3) is 0 Å². The standard InChI is InChI=1S/C9H20O2/c1-3-4-8(2)7-9(11)5-6-10/h8-11H,3-7H2,1-2H3. The third kappa shape index (κ3) is 6.32. The Morgan fingerprint density at radius 1 is 1.27 bits per heavy atom. The van der Waals surface area contributed by atoms with Crippen LogP contribution in [0.1, 0.15) is 39.5 Å². The van der Waals surface area contributed by atoms with Gasteiger partial charge in [-0.25, -0.2) is 0 Å². The Morgan fingerprint density at radius 3 is 2.36 bits per heavy atom. The normalized spacial score (nSPS) is 16.4. The lowest BCUT2D eigenvalue weighted by Crippen LogP contribution is -2.13. The first-order valence-corrected chi connectivity index (χ1v) is 4.49. The van der Waals surface area contributed by atoms with E-state index in [1.54, 1.807) is 0 Å². The minimum atomic E-state index is -0.304. The van der Waals surface area contributed by atoms with Crippen molar-refractivity contribution in [2.45, 2.75) is 45.6 Å². The zero-order valence-electron chi connectivity index (χ0n) is 7.58. The highest BCUT2D eigenvalue weighted by molar-refractivity contribution is 4.60. The van der Waals surface area contributed by atoms with Crippen LogP contribution in [-0.4, -0.2) is 22.9 Å². The summed E-state index contributed by atoms with van der Waals surface area (Å²) in [4.78, 5) is 0. The molecule has 2 heteroatoms. The van der Waals surface area contributed by atoms with Gasteiger partial charge in [-0.15, -0.1) is 0 Å². The molecule has 0 aliphatic heterocycles. The molecular formula is C9H20O2. The minimum absolute atomic E-state index is 0.0972. The van der Waals surface area contributed by atoms with Gasteiger partial charge in [0.25, 0.3) is 0 Å². The van der Waals surface area contributed by atoms with Crippen molar-refractivity contribution < 1.29 is 10.2 Å². The van der Waals surface area contributed by atoms with Crippen molar-refractivity contribution in [2.24, 2.45) is 5.92 Å². The van der Waals surface area contributed by atoms with E-state index in [1.165, 1.54) is 12.8 Å². The number of hydrogen-bond donors (Lipinski definition) is 2. The molecule has 2 unspecified atom stereocenters. The molecule has 68 valence electrons. The lowest BCUT2D eigenvalue weighted by molar-refractivity contribution is 0.109. The van der Waals surface area contributed by atoms with Crippen LogP contribution < -0.4 is 0 Å². The van der Waals surface area contributed by atoms with Gasteiger partial charge in [-0.05, 0) is 18.8 Å². The summed E-state index contributed by atoms with van der Waals surface area (Å²) in [6.07, 6.45) is 3.39. The number of hydrogen-bond acceptors (Lipinski definition) is 2. The van der Waals surface area contributed by atoms with Crippen LogP contribution in [0.2, 0.25) is 0 Å². The maximum atomic E-state index is 9.29. The Kier molecular flexibility index (Phi) is 6.57. The summed E-state index contributed by atoms with van der Waals surface area (Å²) in [6.45, 7) is 4.39. The summed E-state index contributed by atoms with van der Waals surface area (Å²) in [5.41, 5.74) is 0. The van der Waals surface area contributed by atoms with E-state index >= 15 is 0 Å². The van der Waals surface area contributed by atoms with Crippen LogP contribution in [0, 0.1) is 5.92 Å². The predicted molar refractivity (Wildman–Crippen MR) is 46.4 cm³/mol. The van der Waals surface area contributed by atoms with Crippen molar-refractivity contribution in [1.82, 2.24) is 0 Å². The lowest BCUT2D eigenvalue weighted by atomic mass is 9.97. The average molecular weight is 160 g/mol. The fourth-order valence-corrected chi connectivity index (χ4v) is 1.34. The zero-order valence-corrected chi connectivity index (χ0v) is 7.58. The molecule has 0 bridgehead atoms. The molecule has 0 aromatic rings. The topological polar surface area (TPSA) is 40.5 Å². The molecule has 0 radical (unpaired) electrons. The van der Waals surface area contributed by atoms with Crippen molar-refractivity contribution in [2.75, 3.05) is 6.61 Å². The van der Waals surface area contributed by atoms with Crippen molar-refractivity contribution in [3.8, 4) is 0 Å². The van der Waals surface area contributed by atoms with Crippen LogP contribution in [0.4, 0.5) is 0 Å². The molecule has 2 nitrogen and oxygen atoms in total. The molecular weight excluding hydrogens is 140 g/mol. The number of aliphatic hydroxyl groups is 2. The zero-order chi connectivity index (χ0) is 8.69. The van der Waals surface area contributed by atoms with Crippen LogP contribution in [0.3, 0.4) is 0 Å².